The molecule has 0 unspecified atom stereocenters. The SMILES string of the molecule is CCCNCC1(OCCOCCC)CCC(C(C)C)CC1. The zero-order valence-corrected chi connectivity index (χ0v) is 14.7. The molecule has 0 atom stereocenters. The first kappa shape index (κ1) is 18.9. The average Bonchev–Trinajstić information content (AvgIpc) is 2.48. The molecule has 0 spiro atoms. The van der Waals surface area contributed by atoms with Gasteiger partial charge >= 0.3 is 0 Å². The minimum Gasteiger partial charge on any atom is -0.379 e. The van der Waals surface area contributed by atoms with Crippen LogP contribution in [0, 0.1) is 11.8 Å². The molecule has 126 valence electrons. The van der Waals surface area contributed by atoms with Crippen LogP contribution in [0.3, 0.4) is 0 Å². The van der Waals surface area contributed by atoms with Crippen LogP contribution in [0.5, 0.6) is 0 Å². The second kappa shape index (κ2) is 10.6. The fraction of sp³-hybridized carbons (Fsp3) is 1.00. The van der Waals surface area contributed by atoms with Crippen LogP contribution in [0.25, 0.3) is 0 Å². The third-order valence-electron chi connectivity index (χ3n) is 4.74. The molecule has 3 nitrogen and oxygen atoms in total. The molecule has 1 N–H and O–H groups in total. The molecule has 0 radical (unpaired) electrons. The van der Waals surface area contributed by atoms with E-state index in [-0.39, 0.29) is 5.60 Å². The van der Waals surface area contributed by atoms with Crippen molar-refractivity contribution in [3.63, 3.8) is 0 Å². The first-order chi connectivity index (χ1) is 10.1. The van der Waals surface area contributed by atoms with Crippen LogP contribution in [0.4, 0.5) is 0 Å². The third-order valence-corrected chi connectivity index (χ3v) is 4.74. The molecule has 0 aromatic carbocycles. The summed E-state index contributed by atoms with van der Waals surface area (Å²) in [5, 5.41) is 3.58. The molecule has 1 rings (SSSR count). The van der Waals surface area contributed by atoms with Crippen LogP contribution in [0.2, 0.25) is 0 Å². The maximum Gasteiger partial charge on any atom is 0.0807 e. The summed E-state index contributed by atoms with van der Waals surface area (Å²) < 4.78 is 11.9. The number of rotatable bonds is 11. The monoisotopic (exact) mass is 299 g/mol. The molecule has 21 heavy (non-hydrogen) atoms. The van der Waals surface area contributed by atoms with E-state index >= 15 is 0 Å². The lowest BCUT2D eigenvalue weighted by molar-refractivity contribution is -0.0949. The Balaban J connectivity index is 2.40. The number of nitrogens with one attached hydrogen (secondary N) is 1. The van der Waals surface area contributed by atoms with Crippen molar-refractivity contribution in [3.8, 4) is 0 Å². The molecule has 1 fully saturated rings. The van der Waals surface area contributed by atoms with E-state index in [4.69, 9.17) is 9.47 Å². The second-order valence-electron chi connectivity index (χ2n) is 6.90. The maximum atomic E-state index is 6.30. The van der Waals surface area contributed by atoms with E-state index in [1.165, 1.54) is 32.1 Å². The standard InChI is InChI=1S/C18H37NO2/c1-5-11-19-15-18(21-14-13-20-12-6-2)9-7-17(8-10-18)16(3)4/h16-17,19H,5-15H2,1-4H3. The smallest absolute Gasteiger partial charge is 0.0807 e. The predicted molar refractivity (Wildman–Crippen MR) is 89.7 cm³/mol. The van der Waals surface area contributed by atoms with Gasteiger partial charge in [0.2, 0.25) is 0 Å². The fourth-order valence-corrected chi connectivity index (χ4v) is 3.26. The summed E-state index contributed by atoms with van der Waals surface area (Å²) in [6.45, 7) is 13.5. The van der Waals surface area contributed by atoms with Crippen molar-refractivity contribution < 1.29 is 9.47 Å². The Kier molecular flexibility index (Phi) is 9.54. The van der Waals surface area contributed by atoms with Crippen LogP contribution in [-0.4, -0.2) is 38.5 Å². The Morgan fingerprint density at radius 1 is 1.05 bits per heavy atom. The molecule has 1 aliphatic rings. The Morgan fingerprint density at radius 3 is 2.33 bits per heavy atom. The molecule has 3 heteroatoms. The fourth-order valence-electron chi connectivity index (χ4n) is 3.26. The molecule has 0 bridgehead atoms. The van der Waals surface area contributed by atoms with E-state index in [1.54, 1.807) is 0 Å². The van der Waals surface area contributed by atoms with Gasteiger partial charge in [-0.1, -0.05) is 27.7 Å². The van der Waals surface area contributed by atoms with Gasteiger partial charge in [0.25, 0.3) is 0 Å². The lowest BCUT2D eigenvalue weighted by atomic mass is 9.74. The maximum absolute atomic E-state index is 6.30. The van der Waals surface area contributed by atoms with Crippen molar-refractivity contribution in [2.45, 2.75) is 71.8 Å². The molecule has 0 aromatic heterocycles. The molecule has 1 aliphatic carbocycles. The van der Waals surface area contributed by atoms with Crippen molar-refractivity contribution in [1.29, 1.82) is 0 Å². The summed E-state index contributed by atoms with van der Waals surface area (Å²) in [6, 6.07) is 0. The predicted octanol–water partition coefficient (Wildman–Crippen LogP) is 4.01. The topological polar surface area (TPSA) is 30.5 Å². The summed E-state index contributed by atoms with van der Waals surface area (Å²) in [7, 11) is 0. The van der Waals surface area contributed by atoms with Crippen LogP contribution < -0.4 is 5.32 Å². The molecule has 1 saturated carbocycles. The van der Waals surface area contributed by atoms with Gasteiger partial charge in [-0.3, -0.25) is 0 Å². The third kappa shape index (κ3) is 7.12. The van der Waals surface area contributed by atoms with Gasteiger partial charge in [0.05, 0.1) is 18.8 Å². The molecule has 0 aromatic rings. The second-order valence-corrected chi connectivity index (χ2v) is 6.90. The molecule has 0 saturated heterocycles. The summed E-state index contributed by atoms with van der Waals surface area (Å²) in [6.07, 6.45) is 7.27. The Morgan fingerprint density at radius 2 is 1.76 bits per heavy atom. The zero-order valence-electron chi connectivity index (χ0n) is 14.7. The van der Waals surface area contributed by atoms with Crippen LogP contribution in [-0.2, 0) is 9.47 Å². The summed E-state index contributed by atoms with van der Waals surface area (Å²) in [5.74, 6) is 1.68. The highest BCUT2D eigenvalue weighted by Crippen LogP contribution is 2.37. The van der Waals surface area contributed by atoms with E-state index in [0.717, 1.165) is 51.2 Å². The van der Waals surface area contributed by atoms with Gasteiger partial charge in [-0.25, -0.2) is 0 Å². The van der Waals surface area contributed by atoms with Crippen molar-refractivity contribution in [2.75, 3.05) is 32.9 Å². The Hall–Kier alpha value is -0.120. The van der Waals surface area contributed by atoms with Gasteiger partial charge in [-0.05, 0) is 56.9 Å². The summed E-state index contributed by atoms with van der Waals surface area (Å²) >= 11 is 0. The minimum atomic E-state index is 0.0517. The van der Waals surface area contributed by atoms with Crippen molar-refractivity contribution >= 4 is 0 Å². The average molecular weight is 299 g/mol. The number of hydrogen-bond donors (Lipinski definition) is 1. The number of ether oxygens (including phenoxy) is 2. The zero-order chi connectivity index (χ0) is 15.6. The minimum absolute atomic E-state index is 0.0517. The van der Waals surface area contributed by atoms with Crippen molar-refractivity contribution in [3.05, 3.63) is 0 Å². The van der Waals surface area contributed by atoms with E-state index in [2.05, 4.69) is 33.0 Å². The number of hydrogen-bond acceptors (Lipinski definition) is 3. The van der Waals surface area contributed by atoms with Crippen molar-refractivity contribution in [2.24, 2.45) is 11.8 Å². The highest BCUT2D eigenvalue weighted by molar-refractivity contribution is 4.90. The van der Waals surface area contributed by atoms with E-state index in [0.29, 0.717) is 0 Å². The summed E-state index contributed by atoms with van der Waals surface area (Å²) in [4.78, 5) is 0. The first-order valence-electron chi connectivity index (χ1n) is 9.06. The van der Waals surface area contributed by atoms with Crippen LogP contribution in [0.1, 0.15) is 66.2 Å². The van der Waals surface area contributed by atoms with Gasteiger partial charge in [0.15, 0.2) is 0 Å². The molecule has 0 amide bonds. The first-order valence-corrected chi connectivity index (χ1v) is 9.06. The van der Waals surface area contributed by atoms with Gasteiger partial charge in [0, 0.05) is 13.2 Å². The Bertz CT molecular complexity index is 248. The molecule has 0 aliphatic heterocycles. The lowest BCUT2D eigenvalue weighted by Crippen LogP contribution is -2.47. The molecular weight excluding hydrogens is 262 g/mol. The Labute approximate surface area is 132 Å². The molecule has 0 heterocycles. The normalized spacial score (nSPS) is 26.4. The summed E-state index contributed by atoms with van der Waals surface area (Å²) in [5.41, 5.74) is 0.0517. The highest BCUT2D eigenvalue weighted by atomic mass is 16.5. The van der Waals surface area contributed by atoms with Gasteiger partial charge in [0.1, 0.15) is 0 Å². The quantitative estimate of drug-likeness (QED) is 0.585. The van der Waals surface area contributed by atoms with Crippen LogP contribution >= 0.6 is 0 Å². The molecular formula is C18H37NO2. The van der Waals surface area contributed by atoms with E-state index < -0.39 is 0 Å². The van der Waals surface area contributed by atoms with Gasteiger partial charge < -0.3 is 14.8 Å². The largest absolute Gasteiger partial charge is 0.379 e. The highest BCUT2D eigenvalue weighted by Gasteiger charge is 2.36. The van der Waals surface area contributed by atoms with Gasteiger partial charge in [-0.2, -0.15) is 0 Å². The lowest BCUT2D eigenvalue weighted by Gasteiger charge is -2.41. The van der Waals surface area contributed by atoms with Crippen molar-refractivity contribution in [1.82, 2.24) is 5.32 Å². The van der Waals surface area contributed by atoms with Crippen LogP contribution in [0.15, 0.2) is 0 Å². The van der Waals surface area contributed by atoms with E-state index in [9.17, 15) is 0 Å². The van der Waals surface area contributed by atoms with Gasteiger partial charge in [-0.15, -0.1) is 0 Å². The van der Waals surface area contributed by atoms with E-state index in [1.807, 2.05) is 0 Å².